The van der Waals surface area contributed by atoms with E-state index in [0.29, 0.717) is 26.6 Å². The Labute approximate surface area is 144 Å². The van der Waals surface area contributed by atoms with Crippen LogP contribution in [0, 0.1) is 0 Å². The van der Waals surface area contributed by atoms with Crippen LogP contribution in [0.15, 0.2) is 36.4 Å². The van der Waals surface area contributed by atoms with Gasteiger partial charge in [-0.05, 0) is 42.3 Å². The van der Waals surface area contributed by atoms with Gasteiger partial charge in [0.1, 0.15) is 4.99 Å². The minimum Gasteiger partial charge on any atom is -0.389 e. The zero-order valence-electron chi connectivity index (χ0n) is 11.0. The summed E-state index contributed by atoms with van der Waals surface area (Å²) in [6, 6.07) is 10.9. The normalized spacial score (nSPS) is 10.4. The Morgan fingerprint density at radius 2 is 1.81 bits per heavy atom. The Morgan fingerprint density at radius 1 is 1.05 bits per heavy atom. The molecule has 0 atom stereocenters. The second-order valence-electron chi connectivity index (χ2n) is 4.47. The Morgan fingerprint density at radius 3 is 2.43 bits per heavy atom. The van der Waals surface area contributed by atoms with Crippen LogP contribution in [-0.4, -0.2) is 11.5 Å². The Kier molecular flexibility index (Phi) is 5.71. The summed E-state index contributed by atoms with van der Waals surface area (Å²) >= 11 is 23.1. The lowest BCUT2D eigenvalue weighted by Crippen LogP contribution is -2.10. The second-order valence-corrected chi connectivity index (χ2v) is 6.16. The number of hydrogen-bond acceptors (Lipinski definition) is 2. The van der Waals surface area contributed by atoms with Crippen LogP contribution in [-0.2, 0) is 6.42 Å². The van der Waals surface area contributed by atoms with E-state index in [1.165, 1.54) is 0 Å². The fourth-order valence-electron chi connectivity index (χ4n) is 1.87. The molecule has 0 aromatic heterocycles. The van der Waals surface area contributed by atoms with Gasteiger partial charge in [0.2, 0.25) is 0 Å². The van der Waals surface area contributed by atoms with Crippen LogP contribution < -0.4 is 11.1 Å². The molecule has 0 spiro atoms. The van der Waals surface area contributed by atoms with Crippen LogP contribution in [0.5, 0.6) is 0 Å². The quantitative estimate of drug-likeness (QED) is 0.743. The summed E-state index contributed by atoms with van der Waals surface area (Å²) in [5.41, 5.74) is 8.18. The number of benzene rings is 2. The molecule has 0 aliphatic heterocycles. The summed E-state index contributed by atoms with van der Waals surface area (Å²) in [4.78, 5) is 0.330. The van der Waals surface area contributed by atoms with E-state index in [9.17, 15) is 0 Å². The standard InChI is InChI=1S/C15H13Cl3N2S/c16-11-3-1-9(12(17)8-11)5-6-20-14-4-2-10(15(19)21)7-13(14)18/h1-4,7-8,20H,5-6H2,(H2,19,21). The topological polar surface area (TPSA) is 38.0 Å². The third-order valence-corrected chi connectivity index (χ3v) is 4.11. The summed E-state index contributed by atoms with van der Waals surface area (Å²) in [7, 11) is 0. The van der Waals surface area contributed by atoms with E-state index in [2.05, 4.69) is 5.32 Å². The molecule has 0 radical (unpaired) electrons. The van der Waals surface area contributed by atoms with Gasteiger partial charge in [-0.15, -0.1) is 0 Å². The van der Waals surface area contributed by atoms with Crippen LogP contribution in [0.3, 0.4) is 0 Å². The summed E-state index contributed by atoms with van der Waals surface area (Å²) in [6.07, 6.45) is 0.767. The highest BCUT2D eigenvalue weighted by Crippen LogP contribution is 2.24. The van der Waals surface area contributed by atoms with Gasteiger partial charge in [-0.3, -0.25) is 0 Å². The van der Waals surface area contributed by atoms with Crippen LogP contribution >= 0.6 is 47.0 Å². The van der Waals surface area contributed by atoms with Crippen molar-refractivity contribution in [1.82, 2.24) is 0 Å². The van der Waals surface area contributed by atoms with Crippen molar-refractivity contribution >= 4 is 57.7 Å². The maximum Gasteiger partial charge on any atom is 0.104 e. The molecule has 2 rings (SSSR count). The number of anilines is 1. The molecule has 110 valence electrons. The van der Waals surface area contributed by atoms with Gasteiger partial charge in [-0.2, -0.15) is 0 Å². The molecule has 2 aromatic rings. The van der Waals surface area contributed by atoms with Crippen molar-refractivity contribution in [2.45, 2.75) is 6.42 Å². The van der Waals surface area contributed by atoms with Crippen LogP contribution in [0.1, 0.15) is 11.1 Å². The Hall–Kier alpha value is -1.000. The fourth-order valence-corrected chi connectivity index (χ4v) is 2.75. The summed E-state index contributed by atoms with van der Waals surface area (Å²) < 4.78 is 0. The molecule has 2 nitrogen and oxygen atoms in total. The summed E-state index contributed by atoms with van der Waals surface area (Å²) in [5.74, 6) is 0. The second kappa shape index (κ2) is 7.32. The largest absolute Gasteiger partial charge is 0.389 e. The zero-order chi connectivity index (χ0) is 15.4. The monoisotopic (exact) mass is 358 g/mol. The molecule has 0 saturated heterocycles. The molecule has 3 N–H and O–H groups in total. The molecule has 0 amide bonds. The SMILES string of the molecule is NC(=S)c1ccc(NCCc2ccc(Cl)cc2Cl)c(Cl)c1. The first-order chi connectivity index (χ1) is 9.97. The molecular weight excluding hydrogens is 347 g/mol. The fraction of sp³-hybridized carbons (Fsp3) is 0.133. The molecule has 6 heteroatoms. The predicted octanol–water partition coefficient (Wildman–Crippen LogP) is 4.94. The van der Waals surface area contributed by atoms with Crippen molar-refractivity contribution in [1.29, 1.82) is 0 Å². The van der Waals surface area contributed by atoms with Gasteiger partial charge in [0, 0.05) is 22.2 Å². The van der Waals surface area contributed by atoms with Gasteiger partial charge < -0.3 is 11.1 Å². The molecule has 0 heterocycles. The first kappa shape index (κ1) is 16.4. The van der Waals surface area contributed by atoms with Crippen molar-refractivity contribution in [3.8, 4) is 0 Å². The van der Waals surface area contributed by atoms with Crippen molar-refractivity contribution in [2.24, 2.45) is 5.73 Å². The first-order valence-corrected chi connectivity index (χ1v) is 7.79. The van der Waals surface area contributed by atoms with Crippen molar-refractivity contribution in [2.75, 3.05) is 11.9 Å². The summed E-state index contributed by atoms with van der Waals surface area (Å²) in [5, 5.41) is 5.15. The lowest BCUT2D eigenvalue weighted by atomic mass is 10.1. The number of nitrogens with two attached hydrogens (primary N) is 1. The Balaban J connectivity index is 1.99. The van der Waals surface area contributed by atoms with Gasteiger partial charge in [0.05, 0.1) is 10.7 Å². The smallest absolute Gasteiger partial charge is 0.104 e. The molecule has 0 saturated carbocycles. The number of halogens is 3. The predicted molar refractivity (Wildman–Crippen MR) is 96.0 cm³/mol. The molecule has 2 aromatic carbocycles. The van der Waals surface area contributed by atoms with E-state index < -0.39 is 0 Å². The maximum absolute atomic E-state index is 6.19. The summed E-state index contributed by atoms with van der Waals surface area (Å²) in [6.45, 7) is 0.702. The highest BCUT2D eigenvalue weighted by molar-refractivity contribution is 7.80. The molecule has 0 aliphatic carbocycles. The van der Waals surface area contributed by atoms with Gasteiger partial charge in [-0.1, -0.05) is 53.1 Å². The van der Waals surface area contributed by atoms with Crippen LogP contribution in [0.2, 0.25) is 15.1 Å². The van der Waals surface area contributed by atoms with Crippen LogP contribution in [0.25, 0.3) is 0 Å². The van der Waals surface area contributed by atoms with E-state index in [-0.39, 0.29) is 0 Å². The van der Waals surface area contributed by atoms with E-state index in [1.807, 2.05) is 24.3 Å². The van der Waals surface area contributed by atoms with Crippen LogP contribution in [0.4, 0.5) is 5.69 Å². The van der Waals surface area contributed by atoms with Gasteiger partial charge >= 0.3 is 0 Å². The highest BCUT2D eigenvalue weighted by atomic mass is 35.5. The van der Waals surface area contributed by atoms with E-state index >= 15 is 0 Å². The highest BCUT2D eigenvalue weighted by Gasteiger charge is 2.05. The lowest BCUT2D eigenvalue weighted by molar-refractivity contribution is 1.02. The van der Waals surface area contributed by atoms with Crippen molar-refractivity contribution < 1.29 is 0 Å². The maximum atomic E-state index is 6.19. The first-order valence-electron chi connectivity index (χ1n) is 6.24. The van der Waals surface area contributed by atoms with Gasteiger partial charge in [0.15, 0.2) is 0 Å². The van der Waals surface area contributed by atoms with Gasteiger partial charge in [0.25, 0.3) is 0 Å². The molecule has 0 bridgehead atoms. The van der Waals surface area contributed by atoms with Crippen molar-refractivity contribution in [3.05, 3.63) is 62.6 Å². The molecule has 21 heavy (non-hydrogen) atoms. The molecular formula is C15H13Cl3N2S. The third-order valence-electron chi connectivity index (χ3n) is 2.98. The van der Waals surface area contributed by atoms with Gasteiger partial charge in [-0.25, -0.2) is 0 Å². The minimum absolute atomic E-state index is 0.330. The number of hydrogen-bond donors (Lipinski definition) is 2. The number of rotatable bonds is 5. The van der Waals surface area contributed by atoms with E-state index in [0.717, 1.165) is 23.2 Å². The number of nitrogens with one attached hydrogen (secondary N) is 1. The minimum atomic E-state index is 0.330. The molecule has 0 aliphatic rings. The Bertz CT molecular complexity index is 674. The molecule has 0 unspecified atom stereocenters. The third kappa shape index (κ3) is 4.48. The average Bonchev–Trinajstić information content (AvgIpc) is 2.42. The molecule has 0 fully saturated rings. The average molecular weight is 360 g/mol. The lowest BCUT2D eigenvalue weighted by Gasteiger charge is -2.10. The zero-order valence-corrected chi connectivity index (χ0v) is 14.1. The van der Waals surface area contributed by atoms with E-state index in [1.54, 1.807) is 12.1 Å². The van der Waals surface area contributed by atoms with Crippen molar-refractivity contribution in [3.63, 3.8) is 0 Å². The van der Waals surface area contributed by atoms with E-state index in [4.69, 9.17) is 52.8 Å². The number of thiocarbonyl (C=S) groups is 1.